The molecule has 0 spiro atoms. The predicted octanol–water partition coefficient (Wildman–Crippen LogP) is 2.52. The predicted molar refractivity (Wildman–Crippen MR) is 99.4 cm³/mol. The molecule has 1 N–H and O–H groups in total. The molecule has 2 atom stereocenters. The maximum Gasteiger partial charge on any atom is 0.253 e. The number of amides is 2. The van der Waals surface area contributed by atoms with Crippen molar-refractivity contribution in [2.45, 2.75) is 32.2 Å². The zero-order chi connectivity index (χ0) is 18.5. The fraction of sp³-hybridized carbons (Fsp3) is 0.400. The average Bonchev–Trinajstić information content (AvgIpc) is 3.18. The third kappa shape index (κ3) is 3.90. The van der Waals surface area contributed by atoms with Gasteiger partial charge in [-0.2, -0.15) is 0 Å². The van der Waals surface area contributed by atoms with Gasteiger partial charge in [0.15, 0.2) is 0 Å². The third-order valence-corrected chi connectivity index (χ3v) is 5.02. The van der Waals surface area contributed by atoms with Crippen LogP contribution in [0.3, 0.4) is 0 Å². The molecular formula is C20H24N4O2. The summed E-state index contributed by atoms with van der Waals surface area (Å²) in [5.74, 6) is 0.100. The Bertz CT molecular complexity index is 761. The summed E-state index contributed by atoms with van der Waals surface area (Å²) in [6, 6.07) is 7.59. The first-order chi connectivity index (χ1) is 12.6. The minimum atomic E-state index is -0.0117. The summed E-state index contributed by atoms with van der Waals surface area (Å²) in [5, 5.41) is 2.88. The summed E-state index contributed by atoms with van der Waals surface area (Å²) < 4.78 is 0. The van der Waals surface area contributed by atoms with Crippen LogP contribution in [0.2, 0.25) is 0 Å². The van der Waals surface area contributed by atoms with E-state index in [1.165, 1.54) is 6.33 Å². The molecule has 0 radical (unpaired) electrons. The molecule has 26 heavy (non-hydrogen) atoms. The second-order valence-corrected chi connectivity index (χ2v) is 6.68. The van der Waals surface area contributed by atoms with E-state index in [-0.39, 0.29) is 23.8 Å². The molecule has 1 aliphatic rings. The van der Waals surface area contributed by atoms with Gasteiger partial charge in [0, 0.05) is 49.1 Å². The van der Waals surface area contributed by atoms with Gasteiger partial charge in [0.25, 0.3) is 5.91 Å². The maximum absolute atomic E-state index is 12.8. The zero-order valence-electron chi connectivity index (χ0n) is 15.2. The van der Waals surface area contributed by atoms with Gasteiger partial charge in [-0.1, -0.05) is 12.1 Å². The summed E-state index contributed by atoms with van der Waals surface area (Å²) in [6.07, 6.45) is 7.41. The highest BCUT2D eigenvalue weighted by Gasteiger charge is 2.33. The van der Waals surface area contributed by atoms with Crippen LogP contribution in [-0.4, -0.2) is 46.3 Å². The first kappa shape index (κ1) is 18.0. The molecule has 0 unspecified atom stereocenters. The topological polar surface area (TPSA) is 75.2 Å². The van der Waals surface area contributed by atoms with E-state index in [1.807, 2.05) is 38.2 Å². The van der Waals surface area contributed by atoms with Gasteiger partial charge in [-0.05, 0) is 43.9 Å². The van der Waals surface area contributed by atoms with Crippen LogP contribution in [-0.2, 0) is 4.79 Å². The molecule has 2 aromatic rings. The zero-order valence-corrected chi connectivity index (χ0v) is 15.2. The molecule has 1 fully saturated rings. The number of nitrogens with one attached hydrogen (secondary N) is 1. The van der Waals surface area contributed by atoms with Gasteiger partial charge >= 0.3 is 0 Å². The largest absolute Gasteiger partial charge is 0.356 e. The molecule has 1 aromatic heterocycles. The smallest absolute Gasteiger partial charge is 0.253 e. The van der Waals surface area contributed by atoms with Crippen LogP contribution in [0.5, 0.6) is 0 Å². The van der Waals surface area contributed by atoms with Gasteiger partial charge in [0.1, 0.15) is 6.33 Å². The van der Waals surface area contributed by atoms with Crippen molar-refractivity contribution in [3.63, 3.8) is 0 Å². The van der Waals surface area contributed by atoms with E-state index in [1.54, 1.807) is 17.3 Å². The Kier molecular flexibility index (Phi) is 5.61. The molecule has 6 nitrogen and oxygen atoms in total. The molecule has 0 bridgehead atoms. The molecular weight excluding hydrogens is 328 g/mol. The van der Waals surface area contributed by atoms with Gasteiger partial charge in [-0.15, -0.1) is 0 Å². The van der Waals surface area contributed by atoms with E-state index in [2.05, 4.69) is 15.3 Å². The van der Waals surface area contributed by atoms with Crippen LogP contribution < -0.4 is 5.32 Å². The van der Waals surface area contributed by atoms with Crippen molar-refractivity contribution < 1.29 is 9.59 Å². The van der Waals surface area contributed by atoms with E-state index in [9.17, 15) is 9.59 Å². The Balaban J connectivity index is 1.65. The standard InChI is InChI=1S/C20H24N4O2/c1-3-23-19(25)16-8-9-18(10-16)24(2)20(26)15-6-4-14(5-7-15)17-11-21-13-22-12-17/h4-7,11-13,16,18H,3,8-10H2,1-2H3,(H,23,25)/t16-,18+/m0/s1. The lowest BCUT2D eigenvalue weighted by molar-refractivity contribution is -0.124. The van der Waals surface area contributed by atoms with Crippen LogP contribution in [0.1, 0.15) is 36.5 Å². The number of rotatable bonds is 5. The van der Waals surface area contributed by atoms with Gasteiger partial charge in [-0.3, -0.25) is 9.59 Å². The number of hydrogen-bond donors (Lipinski definition) is 1. The van der Waals surface area contributed by atoms with Crippen molar-refractivity contribution >= 4 is 11.8 Å². The summed E-state index contributed by atoms with van der Waals surface area (Å²) in [4.78, 5) is 34.6. The summed E-state index contributed by atoms with van der Waals surface area (Å²) >= 11 is 0. The van der Waals surface area contributed by atoms with Gasteiger partial charge < -0.3 is 10.2 Å². The lowest BCUT2D eigenvalue weighted by Gasteiger charge is -2.25. The number of carbonyl (C=O) groups is 2. The van der Waals surface area contributed by atoms with Crippen LogP contribution in [0, 0.1) is 5.92 Å². The van der Waals surface area contributed by atoms with Crippen molar-refractivity contribution in [2.24, 2.45) is 5.92 Å². The molecule has 1 heterocycles. The molecule has 1 aliphatic carbocycles. The van der Waals surface area contributed by atoms with E-state index >= 15 is 0 Å². The Morgan fingerprint density at radius 2 is 1.81 bits per heavy atom. The van der Waals surface area contributed by atoms with Crippen LogP contribution in [0.4, 0.5) is 0 Å². The third-order valence-electron chi connectivity index (χ3n) is 5.02. The van der Waals surface area contributed by atoms with E-state index in [4.69, 9.17) is 0 Å². The highest BCUT2D eigenvalue weighted by molar-refractivity contribution is 5.94. The van der Waals surface area contributed by atoms with Crippen molar-refractivity contribution in [3.8, 4) is 11.1 Å². The molecule has 3 rings (SSSR count). The van der Waals surface area contributed by atoms with Crippen molar-refractivity contribution in [1.29, 1.82) is 0 Å². The number of aromatic nitrogens is 2. The molecule has 2 amide bonds. The second-order valence-electron chi connectivity index (χ2n) is 6.68. The lowest BCUT2D eigenvalue weighted by atomic mass is 10.0. The van der Waals surface area contributed by atoms with Gasteiger partial charge in [0.2, 0.25) is 5.91 Å². The highest BCUT2D eigenvalue weighted by Crippen LogP contribution is 2.30. The van der Waals surface area contributed by atoms with E-state index < -0.39 is 0 Å². The van der Waals surface area contributed by atoms with Crippen molar-refractivity contribution in [1.82, 2.24) is 20.2 Å². The quantitative estimate of drug-likeness (QED) is 0.897. The van der Waals surface area contributed by atoms with Crippen LogP contribution in [0.15, 0.2) is 43.0 Å². The monoisotopic (exact) mass is 352 g/mol. The Morgan fingerprint density at radius 1 is 1.12 bits per heavy atom. The molecule has 1 aromatic carbocycles. The maximum atomic E-state index is 12.8. The number of benzene rings is 1. The Morgan fingerprint density at radius 3 is 2.46 bits per heavy atom. The van der Waals surface area contributed by atoms with E-state index in [0.717, 1.165) is 30.4 Å². The Hall–Kier alpha value is -2.76. The summed E-state index contributed by atoms with van der Waals surface area (Å²) in [7, 11) is 1.83. The molecule has 6 heteroatoms. The first-order valence-corrected chi connectivity index (χ1v) is 9.00. The first-order valence-electron chi connectivity index (χ1n) is 9.00. The second kappa shape index (κ2) is 8.08. The van der Waals surface area contributed by atoms with Crippen molar-refractivity contribution in [2.75, 3.05) is 13.6 Å². The minimum absolute atomic E-state index is 0.00987. The van der Waals surface area contributed by atoms with E-state index in [0.29, 0.717) is 12.1 Å². The number of carbonyl (C=O) groups excluding carboxylic acids is 2. The van der Waals surface area contributed by atoms with Gasteiger partial charge in [0.05, 0.1) is 0 Å². The molecule has 0 saturated heterocycles. The fourth-order valence-corrected chi connectivity index (χ4v) is 3.49. The minimum Gasteiger partial charge on any atom is -0.356 e. The van der Waals surface area contributed by atoms with Gasteiger partial charge in [-0.25, -0.2) is 9.97 Å². The fourth-order valence-electron chi connectivity index (χ4n) is 3.49. The molecule has 1 saturated carbocycles. The van der Waals surface area contributed by atoms with Crippen LogP contribution >= 0.6 is 0 Å². The number of nitrogens with zero attached hydrogens (tertiary/aromatic N) is 3. The normalized spacial score (nSPS) is 19.2. The Labute approximate surface area is 153 Å². The highest BCUT2D eigenvalue weighted by atomic mass is 16.2. The average molecular weight is 352 g/mol. The molecule has 136 valence electrons. The number of hydrogen-bond acceptors (Lipinski definition) is 4. The SMILES string of the molecule is CCNC(=O)[C@H]1CC[C@@H](N(C)C(=O)c2ccc(-c3cncnc3)cc2)C1. The molecule has 0 aliphatic heterocycles. The van der Waals surface area contributed by atoms with Crippen molar-refractivity contribution in [3.05, 3.63) is 48.5 Å². The summed E-state index contributed by atoms with van der Waals surface area (Å²) in [6.45, 7) is 2.57. The lowest BCUT2D eigenvalue weighted by Crippen LogP contribution is -2.36. The van der Waals surface area contributed by atoms with Crippen LogP contribution in [0.25, 0.3) is 11.1 Å². The summed E-state index contributed by atoms with van der Waals surface area (Å²) in [5.41, 5.74) is 2.54.